The van der Waals surface area contributed by atoms with Gasteiger partial charge in [-0.1, -0.05) is 6.42 Å². The summed E-state index contributed by atoms with van der Waals surface area (Å²) in [6, 6.07) is 0. The first-order valence-corrected chi connectivity index (χ1v) is 7.09. The summed E-state index contributed by atoms with van der Waals surface area (Å²) < 4.78 is 0. The molecule has 0 radical (unpaired) electrons. The van der Waals surface area contributed by atoms with Crippen LogP contribution in [0.2, 0.25) is 0 Å². The molecular weight excluding hydrogens is 198 g/mol. The summed E-state index contributed by atoms with van der Waals surface area (Å²) in [6.45, 7) is 2.89. The van der Waals surface area contributed by atoms with Crippen LogP contribution < -0.4 is 0 Å². The Morgan fingerprint density at radius 2 is 2.00 bits per heavy atom. The summed E-state index contributed by atoms with van der Waals surface area (Å²) in [5.41, 5.74) is 0. The van der Waals surface area contributed by atoms with Gasteiger partial charge in [-0.05, 0) is 69.9 Å². The Bertz CT molecular complexity index is 207. The molecular formula is C14H27NO. The predicted octanol–water partition coefficient (Wildman–Crippen LogP) is 2.52. The molecule has 0 amide bonds. The van der Waals surface area contributed by atoms with Crippen LogP contribution in [-0.2, 0) is 0 Å². The highest BCUT2D eigenvalue weighted by Gasteiger charge is 2.39. The van der Waals surface area contributed by atoms with Crippen molar-refractivity contribution in [2.24, 2.45) is 17.8 Å². The molecule has 0 heterocycles. The van der Waals surface area contributed by atoms with E-state index in [4.69, 9.17) is 5.11 Å². The van der Waals surface area contributed by atoms with Crippen LogP contribution in [0.25, 0.3) is 0 Å². The third-order valence-electron chi connectivity index (χ3n) is 4.63. The Labute approximate surface area is 100 Å². The van der Waals surface area contributed by atoms with Gasteiger partial charge in [-0.3, -0.25) is 0 Å². The Balaban J connectivity index is 1.58. The average molecular weight is 225 g/mol. The fourth-order valence-corrected chi connectivity index (χ4v) is 3.76. The molecule has 2 rings (SSSR count). The lowest BCUT2D eigenvalue weighted by molar-refractivity contribution is 0.214. The largest absolute Gasteiger partial charge is 0.396 e. The number of unbranched alkanes of at least 4 members (excludes halogenated alkanes) is 2. The van der Waals surface area contributed by atoms with Crippen molar-refractivity contribution in [1.29, 1.82) is 0 Å². The maximum Gasteiger partial charge on any atom is 0.0431 e. The quantitative estimate of drug-likeness (QED) is 0.673. The fraction of sp³-hybridized carbons (Fsp3) is 1.00. The van der Waals surface area contributed by atoms with Crippen molar-refractivity contribution < 1.29 is 5.11 Å². The first-order chi connectivity index (χ1) is 7.79. The van der Waals surface area contributed by atoms with E-state index in [1.54, 1.807) is 0 Å². The van der Waals surface area contributed by atoms with Gasteiger partial charge < -0.3 is 10.0 Å². The predicted molar refractivity (Wildman–Crippen MR) is 67.4 cm³/mol. The SMILES string of the molecule is CN(CCCCCO)CC1CC2CCC1C2. The van der Waals surface area contributed by atoms with Crippen molar-refractivity contribution in [2.75, 3.05) is 26.7 Å². The summed E-state index contributed by atoms with van der Waals surface area (Å²) in [5, 5.41) is 8.72. The molecule has 0 saturated heterocycles. The molecule has 0 aromatic rings. The molecule has 2 fully saturated rings. The zero-order valence-electron chi connectivity index (χ0n) is 10.7. The van der Waals surface area contributed by atoms with Crippen molar-refractivity contribution in [1.82, 2.24) is 4.90 Å². The Kier molecular flexibility index (Phi) is 4.66. The Morgan fingerprint density at radius 1 is 1.12 bits per heavy atom. The number of aliphatic hydroxyl groups excluding tert-OH is 1. The minimum atomic E-state index is 0.357. The van der Waals surface area contributed by atoms with Gasteiger partial charge in [0.15, 0.2) is 0 Å². The highest BCUT2D eigenvalue weighted by atomic mass is 16.2. The van der Waals surface area contributed by atoms with Crippen molar-refractivity contribution >= 4 is 0 Å². The molecule has 0 aromatic heterocycles. The molecule has 2 saturated carbocycles. The number of hydrogen-bond acceptors (Lipinski definition) is 2. The summed E-state index contributed by atoms with van der Waals surface area (Å²) in [4.78, 5) is 2.52. The second-order valence-corrected chi connectivity index (χ2v) is 5.98. The summed E-state index contributed by atoms with van der Waals surface area (Å²) in [6.07, 6.45) is 9.46. The van der Waals surface area contributed by atoms with E-state index >= 15 is 0 Å². The van der Waals surface area contributed by atoms with Crippen LogP contribution in [-0.4, -0.2) is 36.8 Å². The van der Waals surface area contributed by atoms with Gasteiger partial charge in [0, 0.05) is 13.2 Å². The summed E-state index contributed by atoms with van der Waals surface area (Å²) in [7, 11) is 2.27. The van der Waals surface area contributed by atoms with E-state index in [0.29, 0.717) is 6.61 Å². The fourth-order valence-electron chi connectivity index (χ4n) is 3.76. The molecule has 94 valence electrons. The van der Waals surface area contributed by atoms with Gasteiger partial charge >= 0.3 is 0 Å². The van der Waals surface area contributed by atoms with Gasteiger partial charge in [-0.15, -0.1) is 0 Å². The van der Waals surface area contributed by atoms with Gasteiger partial charge in [0.2, 0.25) is 0 Å². The normalized spacial score (nSPS) is 32.8. The molecule has 0 aromatic carbocycles. The van der Waals surface area contributed by atoms with Gasteiger partial charge in [0.1, 0.15) is 0 Å². The van der Waals surface area contributed by atoms with E-state index in [2.05, 4.69) is 11.9 Å². The van der Waals surface area contributed by atoms with E-state index in [1.807, 2.05) is 0 Å². The van der Waals surface area contributed by atoms with Gasteiger partial charge in [0.05, 0.1) is 0 Å². The number of rotatable bonds is 7. The zero-order chi connectivity index (χ0) is 11.4. The Hall–Kier alpha value is -0.0800. The van der Waals surface area contributed by atoms with E-state index < -0.39 is 0 Å². The highest BCUT2D eigenvalue weighted by Crippen LogP contribution is 2.48. The zero-order valence-corrected chi connectivity index (χ0v) is 10.7. The van der Waals surface area contributed by atoms with E-state index in [-0.39, 0.29) is 0 Å². The maximum atomic E-state index is 8.72. The van der Waals surface area contributed by atoms with E-state index in [0.717, 1.165) is 24.2 Å². The lowest BCUT2D eigenvalue weighted by Crippen LogP contribution is -2.29. The van der Waals surface area contributed by atoms with Crippen molar-refractivity contribution in [3.8, 4) is 0 Å². The van der Waals surface area contributed by atoms with Crippen molar-refractivity contribution in [3.63, 3.8) is 0 Å². The number of hydrogen-bond donors (Lipinski definition) is 1. The molecule has 3 unspecified atom stereocenters. The first-order valence-electron chi connectivity index (χ1n) is 7.09. The van der Waals surface area contributed by atoms with Crippen LogP contribution in [0.5, 0.6) is 0 Å². The van der Waals surface area contributed by atoms with Gasteiger partial charge in [-0.2, -0.15) is 0 Å². The smallest absolute Gasteiger partial charge is 0.0431 e. The standard InChI is InChI=1S/C14H27NO/c1-15(7-3-2-4-8-16)11-14-10-12-5-6-13(14)9-12/h12-14,16H,2-11H2,1H3. The molecule has 2 bridgehead atoms. The number of nitrogens with zero attached hydrogens (tertiary/aromatic N) is 1. The second kappa shape index (κ2) is 6.02. The summed E-state index contributed by atoms with van der Waals surface area (Å²) >= 11 is 0. The molecule has 2 nitrogen and oxygen atoms in total. The molecule has 0 aliphatic heterocycles. The average Bonchev–Trinajstić information content (AvgIpc) is 2.86. The topological polar surface area (TPSA) is 23.5 Å². The monoisotopic (exact) mass is 225 g/mol. The van der Waals surface area contributed by atoms with E-state index in [1.165, 1.54) is 51.6 Å². The van der Waals surface area contributed by atoms with Crippen LogP contribution in [0.1, 0.15) is 44.9 Å². The van der Waals surface area contributed by atoms with Gasteiger partial charge in [0.25, 0.3) is 0 Å². The van der Waals surface area contributed by atoms with Crippen LogP contribution in [0, 0.1) is 17.8 Å². The van der Waals surface area contributed by atoms with Crippen LogP contribution in [0.3, 0.4) is 0 Å². The summed E-state index contributed by atoms with van der Waals surface area (Å²) in [5.74, 6) is 3.14. The number of aliphatic hydroxyl groups is 1. The maximum absolute atomic E-state index is 8.72. The molecule has 0 spiro atoms. The molecule has 2 aliphatic carbocycles. The lowest BCUT2D eigenvalue weighted by atomic mass is 9.88. The third kappa shape index (κ3) is 3.21. The van der Waals surface area contributed by atoms with Crippen molar-refractivity contribution in [3.05, 3.63) is 0 Å². The minimum Gasteiger partial charge on any atom is -0.396 e. The Morgan fingerprint density at radius 3 is 2.62 bits per heavy atom. The highest BCUT2D eigenvalue weighted by molar-refractivity contribution is 4.90. The molecule has 2 aliphatic rings. The van der Waals surface area contributed by atoms with Gasteiger partial charge in [-0.25, -0.2) is 0 Å². The number of fused-ring (bicyclic) bond motifs is 2. The van der Waals surface area contributed by atoms with Crippen LogP contribution in [0.4, 0.5) is 0 Å². The molecule has 1 N–H and O–H groups in total. The first kappa shape index (κ1) is 12.4. The molecule has 16 heavy (non-hydrogen) atoms. The molecule has 3 atom stereocenters. The van der Waals surface area contributed by atoms with E-state index in [9.17, 15) is 0 Å². The second-order valence-electron chi connectivity index (χ2n) is 5.98. The minimum absolute atomic E-state index is 0.357. The third-order valence-corrected chi connectivity index (χ3v) is 4.63. The van der Waals surface area contributed by atoms with Crippen LogP contribution >= 0.6 is 0 Å². The lowest BCUT2D eigenvalue weighted by Gasteiger charge is -2.27. The molecule has 2 heteroatoms. The van der Waals surface area contributed by atoms with Crippen LogP contribution in [0.15, 0.2) is 0 Å². The van der Waals surface area contributed by atoms with Crippen molar-refractivity contribution in [2.45, 2.75) is 44.9 Å².